The number of carbonyl (C=O) groups excluding carboxylic acids is 1. The first-order chi connectivity index (χ1) is 20.1. The van der Waals surface area contributed by atoms with Gasteiger partial charge < -0.3 is 9.64 Å². The Bertz CT molecular complexity index is 1590. The van der Waals surface area contributed by atoms with E-state index in [1.165, 1.54) is 0 Å². The Morgan fingerprint density at radius 3 is 1.98 bits per heavy atom. The highest BCUT2D eigenvalue weighted by molar-refractivity contribution is 6.30. The van der Waals surface area contributed by atoms with E-state index in [2.05, 4.69) is 66.5 Å². The molecule has 228 valence electrons. The van der Waals surface area contributed by atoms with Gasteiger partial charge in [0.05, 0.1) is 12.3 Å². The van der Waals surface area contributed by atoms with Gasteiger partial charge in [-0.1, -0.05) is 68.2 Å². The van der Waals surface area contributed by atoms with Crippen molar-refractivity contribution in [2.45, 2.75) is 66.5 Å². The molecule has 3 aliphatic heterocycles. The molecule has 1 aliphatic carbocycles. The van der Waals surface area contributed by atoms with Crippen molar-refractivity contribution in [2.75, 3.05) is 26.7 Å². The SMILES string of the molecule is CCOC1=CC(C)(C(C)(C)C)C2=C3N(CCN2C)C(=O)N2C(=N[C@@](C)(c4ccc(Cl)cc4)[C@@]2(C)c2ccc(Cl)cc2)C13C. The van der Waals surface area contributed by atoms with Crippen molar-refractivity contribution in [3.05, 3.63) is 92.9 Å². The van der Waals surface area contributed by atoms with Gasteiger partial charge in [-0.05, 0) is 81.5 Å². The molecule has 2 aromatic rings. The zero-order valence-corrected chi connectivity index (χ0v) is 28.2. The average molecular weight is 622 g/mol. The summed E-state index contributed by atoms with van der Waals surface area (Å²) >= 11 is 12.7. The van der Waals surface area contributed by atoms with E-state index in [0.29, 0.717) is 29.0 Å². The van der Waals surface area contributed by atoms with Crippen LogP contribution in [0, 0.1) is 16.2 Å². The van der Waals surface area contributed by atoms with Crippen LogP contribution in [0.1, 0.15) is 66.5 Å². The first-order valence-electron chi connectivity index (χ1n) is 15.1. The molecular formula is C35H42Cl2N4O2. The van der Waals surface area contributed by atoms with Crippen molar-refractivity contribution in [3.8, 4) is 0 Å². The number of amidine groups is 1. The van der Waals surface area contributed by atoms with E-state index in [9.17, 15) is 0 Å². The maximum atomic E-state index is 15.1. The predicted molar refractivity (Wildman–Crippen MR) is 174 cm³/mol. The zero-order chi connectivity index (χ0) is 31.3. The van der Waals surface area contributed by atoms with Gasteiger partial charge in [-0.15, -0.1) is 0 Å². The normalized spacial score (nSPS) is 32.0. The molecule has 0 N–H and O–H groups in total. The fourth-order valence-corrected chi connectivity index (χ4v) is 7.94. The largest absolute Gasteiger partial charge is 0.497 e. The highest BCUT2D eigenvalue weighted by Crippen LogP contribution is 2.64. The third-order valence-corrected chi connectivity index (χ3v) is 11.4. The highest BCUT2D eigenvalue weighted by Gasteiger charge is 2.69. The van der Waals surface area contributed by atoms with E-state index in [-0.39, 0.29) is 16.9 Å². The molecule has 0 radical (unpaired) electrons. The third-order valence-electron chi connectivity index (χ3n) is 10.9. The number of carbonyl (C=O) groups is 1. The van der Waals surface area contributed by atoms with Gasteiger partial charge in [0.2, 0.25) is 0 Å². The van der Waals surface area contributed by atoms with Crippen LogP contribution in [0.25, 0.3) is 0 Å². The minimum Gasteiger partial charge on any atom is -0.497 e. The Morgan fingerprint density at radius 1 is 0.884 bits per heavy atom. The van der Waals surface area contributed by atoms with Crippen molar-refractivity contribution < 1.29 is 9.53 Å². The van der Waals surface area contributed by atoms with Crippen molar-refractivity contribution in [1.82, 2.24) is 14.7 Å². The van der Waals surface area contributed by atoms with E-state index in [1.54, 1.807) is 0 Å². The number of hydrogen-bond acceptors (Lipinski definition) is 4. The second-order valence-electron chi connectivity index (χ2n) is 14.0. The van der Waals surface area contributed by atoms with Gasteiger partial charge in [-0.3, -0.25) is 14.8 Å². The lowest BCUT2D eigenvalue weighted by atomic mass is 9.58. The number of likely N-dealkylation sites (N-methyl/N-ethyl adjacent to an activating group) is 1. The minimum absolute atomic E-state index is 0.0685. The van der Waals surface area contributed by atoms with E-state index in [0.717, 1.165) is 34.8 Å². The van der Waals surface area contributed by atoms with Crippen LogP contribution in [0.2, 0.25) is 10.0 Å². The van der Waals surface area contributed by atoms with Crippen LogP contribution in [-0.2, 0) is 15.8 Å². The lowest BCUT2D eigenvalue weighted by Crippen LogP contribution is -2.68. The van der Waals surface area contributed by atoms with Gasteiger partial charge in [0, 0.05) is 41.3 Å². The topological polar surface area (TPSA) is 48.4 Å². The van der Waals surface area contributed by atoms with Crippen LogP contribution in [0.5, 0.6) is 0 Å². The van der Waals surface area contributed by atoms with Crippen molar-refractivity contribution in [2.24, 2.45) is 21.2 Å². The number of allylic oxidation sites excluding steroid dienone is 1. The number of fused-ring (bicyclic) bond motifs is 2. The zero-order valence-electron chi connectivity index (χ0n) is 26.7. The van der Waals surface area contributed by atoms with Gasteiger partial charge in [-0.25, -0.2) is 4.79 Å². The van der Waals surface area contributed by atoms with Crippen LogP contribution in [-0.4, -0.2) is 53.3 Å². The summed E-state index contributed by atoms with van der Waals surface area (Å²) in [7, 11) is 2.15. The molecule has 0 bridgehead atoms. The van der Waals surface area contributed by atoms with Crippen molar-refractivity contribution in [3.63, 3.8) is 0 Å². The lowest BCUT2D eigenvalue weighted by Gasteiger charge is -2.60. The molecule has 3 heterocycles. The number of urea groups is 1. The predicted octanol–water partition coefficient (Wildman–Crippen LogP) is 8.42. The van der Waals surface area contributed by atoms with Crippen LogP contribution in [0.4, 0.5) is 4.79 Å². The number of halogens is 2. The standard InChI is InChI=1S/C35H42Cl2N4O2/c1-10-43-26-21-32(5,31(2,3)4)27-28-33(26,6)29-38-34(7,22-11-15-24(36)16-12-22)35(8,23-13-17-25(37)18-14-23)41(29)30(42)40(28)20-19-39(27)9/h11-18,21H,10,19-20H2,1-9H3/t32?,33?,34-,35+/m0/s1. The van der Waals surface area contributed by atoms with Crippen LogP contribution in [0.15, 0.2) is 76.8 Å². The van der Waals surface area contributed by atoms with E-state index < -0.39 is 16.5 Å². The molecule has 0 saturated carbocycles. The number of aliphatic imine (C=N–C) groups is 1. The maximum Gasteiger partial charge on any atom is 0.330 e. The first kappa shape index (κ1) is 30.1. The molecule has 2 amide bonds. The number of benzene rings is 2. The van der Waals surface area contributed by atoms with Gasteiger partial charge in [0.15, 0.2) is 0 Å². The summed E-state index contributed by atoms with van der Waals surface area (Å²) in [6.07, 6.45) is 2.31. The maximum absolute atomic E-state index is 15.1. The molecule has 0 spiro atoms. The summed E-state index contributed by atoms with van der Waals surface area (Å²) in [5.74, 6) is 1.53. The minimum atomic E-state index is -0.891. The van der Waals surface area contributed by atoms with Gasteiger partial charge >= 0.3 is 6.03 Å². The van der Waals surface area contributed by atoms with E-state index >= 15 is 4.79 Å². The Labute approximate surface area is 266 Å². The number of hydrogen-bond donors (Lipinski definition) is 0. The van der Waals surface area contributed by atoms with Crippen LogP contribution < -0.4 is 0 Å². The molecule has 4 aliphatic rings. The fraction of sp³-hybridized carbons (Fsp3) is 0.486. The molecular weight excluding hydrogens is 579 g/mol. The number of rotatable bonds is 4. The van der Waals surface area contributed by atoms with Gasteiger partial charge in [0.25, 0.3) is 0 Å². The lowest BCUT2D eigenvalue weighted by molar-refractivity contribution is 0.0521. The van der Waals surface area contributed by atoms with Crippen molar-refractivity contribution in [1.29, 1.82) is 0 Å². The number of amides is 2. The first-order valence-corrected chi connectivity index (χ1v) is 15.9. The number of nitrogens with zero attached hydrogens (tertiary/aromatic N) is 4. The Balaban J connectivity index is 1.71. The Hall–Kier alpha value is -2.96. The molecule has 43 heavy (non-hydrogen) atoms. The molecule has 8 heteroatoms. The van der Waals surface area contributed by atoms with Crippen molar-refractivity contribution >= 4 is 35.1 Å². The molecule has 4 atom stereocenters. The fourth-order valence-electron chi connectivity index (χ4n) is 7.69. The summed E-state index contributed by atoms with van der Waals surface area (Å²) in [5.41, 5.74) is 0.948. The summed E-state index contributed by atoms with van der Waals surface area (Å²) in [6.45, 7) is 19.3. The second kappa shape index (κ2) is 9.52. The van der Waals surface area contributed by atoms with Gasteiger partial charge in [-0.2, -0.15) is 0 Å². The van der Waals surface area contributed by atoms with Crippen LogP contribution in [0.3, 0.4) is 0 Å². The quantitative estimate of drug-likeness (QED) is 0.345. The monoisotopic (exact) mass is 620 g/mol. The molecule has 0 aromatic heterocycles. The smallest absolute Gasteiger partial charge is 0.330 e. The third kappa shape index (κ3) is 3.78. The van der Waals surface area contributed by atoms with Crippen LogP contribution >= 0.6 is 23.2 Å². The summed E-state index contributed by atoms with van der Waals surface area (Å²) in [6, 6.07) is 15.6. The Morgan fingerprint density at radius 2 is 1.44 bits per heavy atom. The molecule has 1 fully saturated rings. The summed E-state index contributed by atoms with van der Waals surface area (Å²) < 4.78 is 6.60. The highest BCUT2D eigenvalue weighted by atomic mass is 35.5. The average Bonchev–Trinajstić information content (AvgIpc) is 3.20. The summed E-state index contributed by atoms with van der Waals surface area (Å²) in [4.78, 5) is 27.0. The second-order valence-corrected chi connectivity index (χ2v) is 14.9. The Kier molecular flexibility index (Phi) is 6.66. The van der Waals surface area contributed by atoms with E-state index in [1.807, 2.05) is 65.3 Å². The molecule has 1 saturated heterocycles. The molecule has 6 nitrogen and oxygen atoms in total. The molecule has 2 unspecified atom stereocenters. The van der Waals surface area contributed by atoms with Gasteiger partial charge in [0.1, 0.15) is 28.1 Å². The molecule has 2 aromatic carbocycles. The number of ether oxygens (including phenoxy) is 1. The van der Waals surface area contributed by atoms with E-state index in [4.69, 9.17) is 32.9 Å². The summed E-state index contributed by atoms with van der Waals surface area (Å²) in [5, 5.41) is 1.29. The molecule has 6 rings (SSSR count).